The van der Waals surface area contributed by atoms with E-state index in [0.29, 0.717) is 5.02 Å². The average Bonchev–Trinajstić information content (AvgIpc) is 2.80. The van der Waals surface area contributed by atoms with Gasteiger partial charge in [0.2, 0.25) is 0 Å². The van der Waals surface area contributed by atoms with Crippen LogP contribution in [0, 0.1) is 0 Å². The molecule has 1 unspecified atom stereocenters. The van der Waals surface area contributed by atoms with Gasteiger partial charge in [-0.05, 0) is 32.5 Å². The van der Waals surface area contributed by atoms with E-state index in [1.165, 1.54) is 0 Å². The minimum absolute atomic E-state index is 0.0223. The van der Waals surface area contributed by atoms with E-state index in [1.54, 1.807) is 7.11 Å². The topological polar surface area (TPSA) is 34.4 Å². The molecular formula is C15H20ClNO2. The van der Waals surface area contributed by atoms with Crippen molar-refractivity contribution in [2.24, 2.45) is 0 Å². The highest BCUT2D eigenvalue weighted by molar-refractivity contribution is 6.34. The first kappa shape index (κ1) is 14.4. The van der Waals surface area contributed by atoms with E-state index in [2.05, 4.69) is 12.2 Å². The number of hydrogen-bond donors (Lipinski definition) is 1. The molecule has 2 aromatic rings. The summed E-state index contributed by atoms with van der Waals surface area (Å²) in [7, 11) is 1.71. The van der Waals surface area contributed by atoms with Gasteiger partial charge in [0.1, 0.15) is 5.76 Å². The number of likely N-dealkylation sites (N-methyl/N-ethyl adjacent to an activating group) is 1. The van der Waals surface area contributed by atoms with Crippen LogP contribution in [0.4, 0.5) is 0 Å². The molecule has 104 valence electrons. The highest BCUT2D eigenvalue weighted by atomic mass is 35.5. The van der Waals surface area contributed by atoms with Crippen LogP contribution in [0.15, 0.2) is 28.7 Å². The first-order valence-corrected chi connectivity index (χ1v) is 6.84. The molecule has 1 N–H and O–H groups in total. The van der Waals surface area contributed by atoms with E-state index >= 15 is 0 Å². The second-order valence-corrected chi connectivity index (χ2v) is 5.51. The number of fused-ring (bicyclic) bond motifs is 1. The van der Waals surface area contributed by atoms with Crippen LogP contribution in [-0.4, -0.2) is 19.3 Å². The molecule has 1 heterocycles. The lowest BCUT2D eigenvalue weighted by molar-refractivity contribution is -0.0160. The fraction of sp³-hybridized carbons (Fsp3) is 0.467. The van der Waals surface area contributed by atoms with Gasteiger partial charge in [-0.25, -0.2) is 0 Å². The minimum atomic E-state index is -0.365. The van der Waals surface area contributed by atoms with Crippen LogP contribution in [0.5, 0.6) is 0 Å². The number of halogens is 1. The standard InChI is InChI=1S/C15H20ClNO2/c1-5-17-14(15(2,3)18-4)12-9-10-7-6-8-11(16)13(10)19-12/h6-9,14,17H,5H2,1-4H3. The van der Waals surface area contributed by atoms with Crippen molar-refractivity contribution >= 4 is 22.6 Å². The molecule has 0 fully saturated rings. The molecule has 0 radical (unpaired) electrons. The Morgan fingerprint density at radius 3 is 2.74 bits per heavy atom. The summed E-state index contributed by atoms with van der Waals surface area (Å²) in [5.74, 6) is 0.844. The number of methoxy groups -OCH3 is 1. The maximum atomic E-state index is 6.15. The number of benzene rings is 1. The fourth-order valence-corrected chi connectivity index (χ4v) is 2.42. The molecule has 0 aliphatic heterocycles. The van der Waals surface area contributed by atoms with Gasteiger partial charge in [0.05, 0.1) is 16.7 Å². The van der Waals surface area contributed by atoms with Gasteiger partial charge in [0.15, 0.2) is 5.58 Å². The van der Waals surface area contributed by atoms with Crippen molar-refractivity contribution in [3.63, 3.8) is 0 Å². The smallest absolute Gasteiger partial charge is 0.152 e. The third kappa shape index (κ3) is 2.78. The molecule has 0 aliphatic carbocycles. The van der Waals surface area contributed by atoms with Gasteiger partial charge >= 0.3 is 0 Å². The van der Waals surface area contributed by atoms with Crippen molar-refractivity contribution in [1.29, 1.82) is 0 Å². The molecule has 4 heteroatoms. The highest BCUT2D eigenvalue weighted by Crippen LogP contribution is 2.34. The second-order valence-electron chi connectivity index (χ2n) is 5.11. The fourth-order valence-electron chi connectivity index (χ4n) is 2.20. The predicted octanol–water partition coefficient (Wildman–Crippen LogP) is 4.16. The van der Waals surface area contributed by atoms with Crippen LogP contribution in [0.2, 0.25) is 5.02 Å². The van der Waals surface area contributed by atoms with Gasteiger partial charge < -0.3 is 14.5 Å². The Labute approximate surface area is 118 Å². The molecule has 0 bridgehead atoms. The predicted molar refractivity (Wildman–Crippen MR) is 78.7 cm³/mol. The molecule has 0 spiro atoms. The minimum Gasteiger partial charge on any atom is -0.458 e. The summed E-state index contributed by atoms with van der Waals surface area (Å²) < 4.78 is 11.5. The molecular weight excluding hydrogens is 262 g/mol. The van der Waals surface area contributed by atoms with E-state index in [1.807, 2.05) is 38.1 Å². The zero-order valence-corrected chi connectivity index (χ0v) is 12.5. The van der Waals surface area contributed by atoms with Crippen molar-refractivity contribution in [3.8, 4) is 0 Å². The van der Waals surface area contributed by atoms with E-state index in [0.717, 1.165) is 23.3 Å². The third-order valence-corrected chi connectivity index (χ3v) is 3.73. The van der Waals surface area contributed by atoms with Crippen molar-refractivity contribution in [3.05, 3.63) is 35.0 Å². The Morgan fingerprint density at radius 1 is 1.42 bits per heavy atom. The summed E-state index contributed by atoms with van der Waals surface area (Å²) in [6, 6.07) is 7.76. The van der Waals surface area contributed by atoms with Gasteiger partial charge in [0, 0.05) is 12.5 Å². The number of ether oxygens (including phenoxy) is 1. The van der Waals surface area contributed by atoms with E-state index in [9.17, 15) is 0 Å². The molecule has 0 saturated carbocycles. The van der Waals surface area contributed by atoms with Gasteiger partial charge in [-0.15, -0.1) is 0 Å². The summed E-state index contributed by atoms with van der Waals surface area (Å²) in [5, 5.41) is 5.05. The molecule has 1 atom stereocenters. The highest BCUT2D eigenvalue weighted by Gasteiger charge is 2.32. The van der Waals surface area contributed by atoms with Crippen LogP contribution >= 0.6 is 11.6 Å². The van der Waals surface area contributed by atoms with Gasteiger partial charge in [-0.3, -0.25) is 0 Å². The first-order chi connectivity index (χ1) is 8.99. The van der Waals surface area contributed by atoms with Gasteiger partial charge in [-0.1, -0.05) is 30.7 Å². The molecule has 3 nitrogen and oxygen atoms in total. The Kier molecular flexibility index (Phi) is 4.19. The van der Waals surface area contributed by atoms with Crippen LogP contribution in [0.25, 0.3) is 11.0 Å². The third-order valence-electron chi connectivity index (χ3n) is 3.43. The van der Waals surface area contributed by atoms with Gasteiger partial charge in [-0.2, -0.15) is 0 Å². The molecule has 1 aromatic heterocycles. The monoisotopic (exact) mass is 281 g/mol. The number of nitrogens with one attached hydrogen (secondary N) is 1. The quantitative estimate of drug-likeness (QED) is 0.893. The maximum Gasteiger partial charge on any atom is 0.152 e. The largest absolute Gasteiger partial charge is 0.458 e. The molecule has 19 heavy (non-hydrogen) atoms. The Bertz CT molecular complexity index is 562. The summed E-state index contributed by atoms with van der Waals surface area (Å²) in [5.41, 5.74) is 0.366. The number of para-hydroxylation sites is 1. The maximum absolute atomic E-state index is 6.15. The van der Waals surface area contributed by atoms with Crippen LogP contribution in [0.3, 0.4) is 0 Å². The van der Waals surface area contributed by atoms with Crippen LogP contribution < -0.4 is 5.32 Å². The summed E-state index contributed by atoms with van der Waals surface area (Å²) in [6.07, 6.45) is 0. The lowest BCUT2D eigenvalue weighted by atomic mass is 9.96. The number of rotatable bonds is 5. The summed E-state index contributed by atoms with van der Waals surface area (Å²) >= 11 is 6.15. The number of hydrogen-bond acceptors (Lipinski definition) is 3. The van der Waals surface area contributed by atoms with Crippen molar-refractivity contribution in [2.75, 3.05) is 13.7 Å². The van der Waals surface area contributed by atoms with Crippen molar-refractivity contribution < 1.29 is 9.15 Å². The Hall–Kier alpha value is -1.03. The van der Waals surface area contributed by atoms with Crippen molar-refractivity contribution in [2.45, 2.75) is 32.4 Å². The zero-order chi connectivity index (χ0) is 14.0. The second kappa shape index (κ2) is 5.53. The normalized spacial score (nSPS) is 13.9. The molecule has 0 amide bonds. The molecule has 0 saturated heterocycles. The summed E-state index contributed by atoms with van der Waals surface area (Å²) in [4.78, 5) is 0. The first-order valence-electron chi connectivity index (χ1n) is 6.46. The van der Waals surface area contributed by atoms with Crippen LogP contribution in [-0.2, 0) is 4.74 Å². The average molecular weight is 282 g/mol. The van der Waals surface area contributed by atoms with Crippen LogP contribution in [0.1, 0.15) is 32.6 Å². The molecule has 0 aliphatic rings. The Balaban J connectivity index is 2.48. The van der Waals surface area contributed by atoms with E-state index in [-0.39, 0.29) is 11.6 Å². The lowest BCUT2D eigenvalue weighted by Gasteiger charge is -2.32. The molecule has 2 rings (SSSR count). The number of furan rings is 1. The van der Waals surface area contributed by atoms with Gasteiger partial charge in [0.25, 0.3) is 0 Å². The summed E-state index contributed by atoms with van der Waals surface area (Å²) in [6.45, 7) is 6.97. The van der Waals surface area contributed by atoms with E-state index in [4.69, 9.17) is 20.8 Å². The zero-order valence-electron chi connectivity index (χ0n) is 11.8. The lowest BCUT2D eigenvalue weighted by Crippen LogP contribution is -2.40. The molecule has 1 aromatic carbocycles. The SMILES string of the molecule is CCNC(c1cc2cccc(Cl)c2o1)C(C)(C)OC. The van der Waals surface area contributed by atoms with Crippen molar-refractivity contribution in [1.82, 2.24) is 5.32 Å². The van der Waals surface area contributed by atoms with E-state index < -0.39 is 0 Å². The Morgan fingerprint density at radius 2 is 2.16 bits per heavy atom.